The van der Waals surface area contributed by atoms with Gasteiger partial charge in [-0.25, -0.2) is 0 Å². The molecule has 0 aromatic rings. The molecule has 0 aliphatic heterocycles. The van der Waals surface area contributed by atoms with Crippen LogP contribution >= 0.6 is 0 Å². The summed E-state index contributed by atoms with van der Waals surface area (Å²) in [7, 11) is 0. The van der Waals surface area contributed by atoms with E-state index < -0.39 is 0 Å². The number of hydrogen-bond acceptors (Lipinski definition) is 1. The second-order valence-corrected chi connectivity index (χ2v) is 2.99. The molecule has 2 saturated carbocycles. The van der Waals surface area contributed by atoms with Crippen LogP contribution in [0.15, 0.2) is 0 Å². The second-order valence-electron chi connectivity index (χ2n) is 2.99. The fraction of sp³-hybridized carbons (Fsp3) is 1.00. The van der Waals surface area contributed by atoms with Gasteiger partial charge in [-0.1, -0.05) is 27.7 Å². The van der Waals surface area contributed by atoms with Crippen LogP contribution in [0, 0.1) is 11.8 Å². The third kappa shape index (κ3) is 6.09. The van der Waals surface area contributed by atoms with E-state index in [-0.39, 0.29) is 6.61 Å². The molecule has 13 heavy (non-hydrogen) atoms. The summed E-state index contributed by atoms with van der Waals surface area (Å²) in [5.41, 5.74) is 0. The average Bonchev–Trinajstić information content (AvgIpc) is 2.19. The van der Waals surface area contributed by atoms with Gasteiger partial charge in [0.2, 0.25) is 0 Å². The molecule has 2 fully saturated rings. The minimum atomic E-state index is 0.250. The highest BCUT2D eigenvalue weighted by atomic mass is 16.2. The fourth-order valence-electron chi connectivity index (χ4n) is 1.56. The number of rotatable bonds is 0. The highest BCUT2D eigenvalue weighted by Crippen LogP contribution is 2.49. The number of aliphatic hydroxyl groups is 1. The van der Waals surface area contributed by atoms with Gasteiger partial charge in [0.05, 0.1) is 0 Å². The van der Waals surface area contributed by atoms with Gasteiger partial charge in [0.25, 0.3) is 0 Å². The van der Waals surface area contributed by atoms with E-state index in [1.165, 1.54) is 11.8 Å². The molecule has 0 aromatic carbocycles. The Morgan fingerprint density at radius 2 is 1.00 bits per heavy atom. The maximum absolute atomic E-state index is 7.57. The first-order valence-corrected chi connectivity index (χ1v) is 5.99. The summed E-state index contributed by atoms with van der Waals surface area (Å²) in [6, 6.07) is 0. The first kappa shape index (κ1) is 15.4. The summed E-state index contributed by atoms with van der Waals surface area (Å²) in [6.07, 6.45) is 6.24. The summed E-state index contributed by atoms with van der Waals surface area (Å²) in [6.45, 7) is 9.93. The Kier molecular flexibility index (Phi) is 14.2. The smallest absolute Gasteiger partial charge is 0.0402 e. The Labute approximate surface area is 84.6 Å². The van der Waals surface area contributed by atoms with Gasteiger partial charge in [-0.2, -0.15) is 0 Å². The van der Waals surface area contributed by atoms with Gasteiger partial charge in [-0.15, -0.1) is 0 Å². The van der Waals surface area contributed by atoms with Gasteiger partial charge < -0.3 is 5.11 Å². The SMILES string of the molecule is C1CC2CCC12.CC.CC.CCO. The van der Waals surface area contributed by atoms with Crippen LogP contribution in [-0.4, -0.2) is 11.7 Å². The summed E-state index contributed by atoms with van der Waals surface area (Å²) in [4.78, 5) is 0. The Morgan fingerprint density at radius 1 is 0.846 bits per heavy atom. The van der Waals surface area contributed by atoms with Gasteiger partial charge >= 0.3 is 0 Å². The molecule has 2 aliphatic carbocycles. The van der Waals surface area contributed by atoms with Gasteiger partial charge in [0, 0.05) is 6.61 Å². The first-order chi connectivity index (χ1) is 6.38. The van der Waals surface area contributed by atoms with Crippen molar-refractivity contribution in [3.63, 3.8) is 0 Å². The predicted molar refractivity (Wildman–Crippen MR) is 60.9 cm³/mol. The highest BCUT2D eigenvalue weighted by molar-refractivity contribution is 4.89. The Hall–Kier alpha value is -0.0400. The van der Waals surface area contributed by atoms with E-state index in [1.54, 1.807) is 32.6 Å². The normalized spacial score (nSPS) is 26.3. The summed E-state index contributed by atoms with van der Waals surface area (Å²) < 4.78 is 0. The van der Waals surface area contributed by atoms with E-state index in [9.17, 15) is 0 Å². The molecular formula is C12H28O. The molecule has 0 radical (unpaired) electrons. The molecular weight excluding hydrogens is 160 g/mol. The number of hydrogen-bond donors (Lipinski definition) is 1. The molecule has 0 spiro atoms. The van der Waals surface area contributed by atoms with Crippen LogP contribution < -0.4 is 0 Å². The van der Waals surface area contributed by atoms with Crippen LogP contribution in [0.2, 0.25) is 0 Å². The summed E-state index contributed by atoms with van der Waals surface area (Å²) >= 11 is 0. The highest BCUT2D eigenvalue weighted by Gasteiger charge is 2.37. The zero-order chi connectivity index (χ0) is 10.7. The van der Waals surface area contributed by atoms with Crippen molar-refractivity contribution in [2.24, 2.45) is 11.8 Å². The molecule has 0 atom stereocenters. The molecule has 2 aliphatic rings. The second kappa shape index (κ2) is 12.0. The molecule has 0 unspecified atom stereocenters. The molecule has 1 N–H and O–H groups in total. The van der Waals surface area contributed by atoms with Crippen molar-refractivity contribution in [2.45, 2.75) is 60.3 Å². The van der Waals surface area contributed by atoms with Gasteiger partial charge in [0.1, 0.15) is 0 Å². The Morgan fingerprint density at radius 3 is 1.00 bits per heavy atom. The van der Waals surface area contributed by atoms with Crippen molar-refractivity contribution < 1.29 is 5.11 Å². The molecule has 2 rings (SSSR count). The summed E-state index contributed by atoms with van der Waals surface area (Å²) in [5, 5.41) is 7.57. The molecule has 0 aromatic heterocycles. The standard InChI is InChI=1S/C6H10.C2H6O.2C2H6/c1-2-6-4-3-5(1)6;1-2-3;2*1-2/h5-6H,1-4H2;3H,2H2,1H3;2*1-2H3. The summed E-state index contributed by atoms with van der Waals surface area (Å²) in [5.74, 6) is 2.43. The molecule has 82 valence electrons. The zero-order valence-corrected chi connectivity index (χ0v) is 10.1. The topological polar surface area (TPSA) is 20.2 Å². The monoisotopic (exact) mass is 188 g/mol. The molecule has 1 nitrogen and oxygen atoms in total. The lowest BCUT2D eigenvalue weighted by Gasteiger charge is -2.46. The van der Waals surface area contributed by atoms with Gasteiger partial charge in [-0.3, -0.25) is 0 Å². The van der Waals surface area contributed by atoms with Crippen molar-refractivity contribution in [2.75, 3.05) is 6.61 Å². The lowest BCUT2D eigenvalue weighted by atomic mass is 9.60. The van der Waals surface area contributed by atoms with E-state index >= 15 is 0 Å². The number of aliphatic hydroxyl groups excluding tert-OH is 1. The zero-order valence-electron chi connectivity index (χ0n) is 10.1. The number of fused-ring (bicyclic) bond motifs is 1. The van der Waals surface area contributed by atoms with Crippen LogP contribution in [0.3, 0.4) is 0 Å². The minimum absolute atomic E-state index is 0.250. The Bertz CT molecular complexity index is 63.2. The van der Waals surface area contributed by atoms with Gasteiger partial charge in [0.15, 0.2) is 0 Å². The van der Waals surface area contributed by atoms with E-state index in [2.05, 4.69) is 0 Å². The molecule has 1 heteroatoms. The van der Waals surface area contributed by atoms with Crippen molar-refractivity contribution in [1.82, 2.24) is 0 Å². The van der Waals surface area contributed by atoms with Crippen LogP contribution in [0.4, 0.5) is 0 Å². The van der Waals surface area contributed by atoms with Crippen LogP contribution in [0.5, 0.6) is 0 Å². The molecule has 0 amide bonds. The lowest BCUT2D eigenvalue weighted by Crippen LogP contribution is -2.34. The van der Waals surface area contributed by atoms with E-state index in [4.69, 9.17) is 5.11 Å². The van der Waals surface area contributed by atoms with E-state index in [1.807, 2.05) is 27.7 Å². The van der Waals surface area contributed by atoms with Crippen molar-refractivity contribution in [3.8, 4) is 0 Å². The fourth-order valence-corrected chi connectivity index (χ4v) is 1.56. The van der Waals surface area contributed by atoms with E-state index in [0.717, 1.165) is 0 Å². The van der Waals surface area contributed by atoms with E-state index in [0.29, 0.717) is 0 Å². The Balaban J connectivity index is 0. The first-order valence-electron chi connectivity index (χ1n) is 5.99. The maximum atomic E-state index is 7.57. The third-order valence-electron chi connectivity index (χ3n) is 2.48. The van der Waals surface area contributed by atoms with Crippen molar-refractivity contribution in [3.05, 3.63) is 0 Å². The molecule has 0 bridgehead atoms. The predicted octanol–water partition coefficient (Wildman–Crippen LogP) is 3.86. The quantitative estimate of drug-likeness (QED) is 0.612. The third-order valence-corrected chi connectivity index (χ3v) is 2.48. The van der Waals surface area contributed by atoms with Crippen LogP contribution in [-0.2, 0) is 0 Å². The lowest BCUT2D eigenvalue weighted by molar-refractivity contribution is 0.0548. The van der Waals surface area contributed by atoms with Crippen molar-refractivity contribution in [1.29, 1.82) is 0 Å². The van der Waals surface area contributed by atoms with Crippen molar-refractivity contribution >= 4 is 0 Å². The molecule has 0 heterocycles. The minimum Gasteiger partial charge on any atom is -0.397 e. The van der Waals surface area contributed by atoms with Gasteiger partial charge in [-0.05, 0) is 44.4 Å². The molecule has 0 saturated heterocycles. The largest absolute Gasteiger partial charge is 0.397 e. The average molecular weight is 188 g/mol. The maximum Gasteiger partial charge on any atom is 0.0402 e. The van der Waals surface area contributed by atoms with Crippen LogP contribution in [0.1, 0.15) is 60.3 Å². The van der Waals surface area contributed by atoms with Crippen LogP contribution in [0.25, 0.3) is 0 Å².